The Morgan fingerprint density at radius 1 is 1.15 bits per heavy atom. The quantitative estimate of drug-likeness (QED) is 0.690. The zero-order chi connectivity index (χ0) is 24.5. The monoisotopic (exact) mass is 487 g/mol. The molecule has 2 fully saturated rings. The maximum absolute atomic E-state index is 13.5. The van der Waals surface area contributed by atoms with Crippen LogP contribution >= 0.6 is 11.6 Å². The number of hydrogen-bond acceptors (Lipinski definition) is 6. The van der Waals surface area contributed by atoms with E-state index in [1.807, 2.05) is 30.0 Å². The van der Waals surface area contributed by atoms with E-state index in [1.54, 1.807) is 32.4 Å². The molecule has 182 valence electrons. The van der Waals surface area contributed by atoms with Gasteiger partial charge in [0, 0.05) is 56.2 Å². The largest absolute Gasteiger partial charge is 0.480 e. The lowest BCUT2D eigenvalue weighted by molar-refractivity contribution is -0.135. The number of carbonyl (C=O) groups excluding carboxylic acids is 1. The zero-order valence-corrected chi connectivity index (χ0v) is 20.4. The van der Waals surface area contributed by atoms with Crippen molar-refractivity contribution >= 4 is 29.4 Å². The molecule has 1 aromatic carbocycles. The number of carbonyl (C=O) groups is 2. The summed E-state index contributed by atoms with van der Waals surface area (Å²) in [6.07, 6.45) is 0.407. The van der Waals surface area contributed by atoms with Gasteiger partial charge in [-0.05, 0) is 43.5 Å². The number of anilines is 1. The number of halogens is 1. The van der Waals surface area contributed by atoms with Crippen molar-refractivity contribution in [3.05, 3.63) is 47.0 Å². The summed E-state index contributed by atoms with van der Waals surface area (Å²) in [5.41, 5.74) is 0.234. The topological polar surface area (TPSA) is 99.1 Å². The summed E-state index contributed by atoms with van der Waals surface area (Å²) in [4.78, 5) is 30.7. The summed E-state index contributed by atoms with van der Waals surface area (Å²) in [5.74, 6) is 1.07. The fraction of sp³-hybridized carbons (Fsp3) is 0.500. The lowest BCUT2D eigenvalue weighted by Gasteiger charge is -2.38. The third kappa shape index (κ3) is 4.61. The van der Waals surface area contributed by atoms with Gasteiger partial charge in [0.25, 0.3) is 0 Å². The minimum Gasteiger partial charge on any atom is -0.480 e. The number of benzene rings is 1. The number of amides is 2. The molecule has 34 heavy (non-hydrogen) atoms. The Bertz CT molecular complexity index is 1030. The highest BCUT2D eigenvalue weighted by Gasteiger charge is 2.50. The van der Waals surface area contributed by atoms with Gasteiger partial charge in [-0.1, -0.05) is 23.7 Å². The van der Waals surface area contributed by atoms with E-state index < -0.39 is 11.6 Å². The van der Waals surface area contributed by atoms with Crippen molar-refractivity contribution in [2.24, 2.45) is 5.92 Å². The second-order valence-corrected chi connectivity index (χ2v) is 9.65. The van der Waals surface area contributed by atoms with Crippen molar-refractivity contribution in [1.29, 1.82) is 0 Å². The van der Waals surface area contributed by atoms with E-state index in [0.29, 0.717) is 49.9 Å². The van der Waals surface area contributed by atoms with Gasteiger partial charge in [0.05, 0.1) is 12.6 Å². The highest BCUT2D eigenvalue weighted by atomic mass is 35.5. The molecule has 9 nitrogen and oxygen atoms in total. The maximum atomic E-state index is 13.5. The molecule has 0 aliphatic carbocycles. The standard InChI is InChI=1S/C24H30ClN5O4/c1-24(28(2)23(32)33)15-30(14-19(24)16-4-6-18(25)7-5-16)22(31)17-10-12-29(13-11-17)20-8-9-21(34-3)27-26-20/h4-9,17,19H,10-15H2,1-3H3,(H,32,33)/t19-,24+/m1/s1. The van der Waals surface area contributed by atoms with Gasteiger partial charge in [-0.25, -0.2) is 4.79 Å². The molecule has 0 spiro atoms. The van der Waals surface area contributed by atoms with Crippen LogP contribution in [0.25, 0.3) is 0 Å². The molecule has 0 unspecified atom stereocenters. The van der Waals surface area contributed by atoms with Crippen LogP contribution in [0.5, 0.6) is 5.88 Å². The molecule has 2 aliphatic heterocycles. The third-order valence-electron chi connectivity index (χ3n) is 7.31. The number of aromatic nitrogens is 2. The van der Waals surface area contributed by atoms with Gasteiger partial charge in [0.2, 0.25) is 11.8 Å². The second kappa shape index (κ2) is 9.66. The van der Waals surface area contributed by atoms with Crippen LogP contribution in [0, 0.1) is 5.92 Å². The SMILES string of the molecule is COc1ccc(N2CCC(C(=O)N3C[C@H](c4ccc(Cl)cc4)[C@@](C)(N(C)C(=O)O)C3)CC2)nn1. The van der Waals surface area contributed by atoms with Crippen molar-refractivity contribution in [1.82, 2.24) is 20.0 Å². The van der Waals surface area contributed by atoms with E-state index in [-0.39, 0.29) is 17.7 Å². The lowest BCUT2D eigenvalue weighted by atomic mass is 9.82. The summed E-state index contributed by atoms with van der Waals surface area (Å²) in [6, 6.07) is 11.1. The van der Waals surface area contributed by atoms with E-state index in [2.05, 4.69) is 15.1 Å². The van der Waals surface area contributed by atoms with E-state index in [9.17, 15) is 14.7 Å². The number of methoxy groups -OCH3 is 1. The maximum Gasteiger partial charge on any atom is 0.407 e. The Balaban J connectivity index is 1.46. The molecule has 2 amide bonds. The summed E-state index contributed by atoms with van der Waals surface area (Å²) >= 11 is 6.07. The Hall–Kier alpha value is -3.07. The molecule has 1 N–H and O–H groups in total. The molecule has 0 saturated carbocycles. The summed E-state index contributed by atoms with van der Waals surface area (Å²) < 4.78 is 5.07. The van der Waals surface area contributed by atoms with Gasteiger partial charge in [-0.15, -0.1) is 10.2 Å². The number of likely N-dealkylation sites (tertiary alicyclic amines) is 1. The van der Waals surface area contributed by atoms with Crippen molar-refractivity contribution in [2.75, 3.05) is 45.2 Å². The molecule has 2 atom stereocenters. The molecule has 2 aromatic rings. The lowest BCUT2D eigenvalue weighted by Crippen LogP contribution is -2.52. The third-order valence-corrected chi connectivity index (χ3v) is 7.56. The number of piperidine rings is 1. The summed E-state index contributed by atoms with van der Waals surface area (Å²) in [6.45, 7) is 4.15. The van der Waals surface area contributed by atoms with Gasteiger partial charge in [-0.2, -0.15) is 0 Å². The molecule has 2 saturated heterocycles. The number of likely N-dealkylation sites (N-methyl/N-ethyl adjacent to an activating group) is 1. The summed E-state index contributed by atoms with van der Waals surface area (Å²) in [7, 11) is 3.13. The molecule has 3 heterocycles. The summed E-state index contributed by atoms with van der Waals surface area (Å²) in [5, 5.41) is 18.6. The van der Waals surface area contributed by atoms with Crippen LogP contribution < -0.4 is 9.64 Å². The average molecular weight is 488 g/mol. The van der Waals surface area contributed by atoms with E-state index in [0.717, 1.165) is 11.4 Å². The van der Waals surface area contributed by atoms with E-state index in [4.69, 9.17) is 16.3 Å². The first-order valence-corrected chi connectivity index (χ1v) is 11.7. The van der Waals surface area contributed by atoms with Crippen LogP contribution in [0.3, 0.4) is 0 Å². The first-order chi connectivity index (χ1) is 16.2. The molecular formula is C24H30ClN5O4. The first-order valence-electron chi connectivity index (χ1n) is 11.4. The molecule has 2 aliphatic rings. The van der Waals surface area contributed by atoms with Crippen LogP contribution in [0.4, 0.5) is 10.6 Å². The van der Waals surface area contributed by atoms with Crippen molar-refractivity contribution in [2.45, 2.75) is 31.2 Å². The van der Waals surface area contributed by atoms with Gasteiger partial charge >= 0.3 is 6.09 Å². The van der Waals surface area contributed by atoms with Gasteiger partial charge < -0.3 is 24.5 Å². The van der Waals surface area contributed by atoms with E-state index >= 15 is 0 Å². The average Bonchev–Trinajstić information content (AvgIpc) is 3.22. The Kier molecular flexibility index (Phi) is 6.84. The highest BCUT2D eigenvalue weighted by Crippen LogP contribution is 2.41. The normalized spacial score (nSPS) is 23.1. The molecule has 4 rings (SSSR count). The first kappa shape index (κ1) is 24.1. The van der Waals surface area contributed by atoms with Crippen molar-refractivity contribution < 1.29 is 19.4 Å². The van der Waals surface area contributed by atoms with Gasteiger partial charge in [-0.3, -0.25) is 4.79 Å². The number of nitrogens with zero attached hydrogens (tertiary/aromatic N) is 5. The van der Waals surface area contributed by atoms with Crippen LogP contribution in [-0.4, -0.2) is 83.0 Å². The predicted octanol–water partition coefficient (Wildman–Crippen LogP) is 3.35. The minimum absolute atomic E-state index is 0.0851. The molecule has 0 radical (unpaired) electrons. The number of carboxylic acid groups (broad SMARTS) is 1. The predicted molar refractivity (Wildman–Crippen MR) is 128 cm³/mol. The fourth-order valence-electron chi connectivity index (χ4n) is 5.07. The highest BCUT2D eigenvalue weighted by molar-refractivity contribution is 6.30. The van der Waals surface area contributed by atoms with Crippen LogP contribution in [-0.2, 0) is 4.79 Å². The Morgan fingerprint density at radius 3 is 2.38 bits per heavy atom. The van der Waals surface area contributed by atoms with Crippen molar-refractivity contribution in [3.63, 3.8) is 0 Å². The number of hydrogen-bond donors (Lipinski definition) is 1. The van der Waals surface area contributed by atoms with Crippen LogP contribution in [0.15, 0.2) is 36.4 Å². The zero-order valence-electron chi connectivity index (χ0n) is 19.6. The molecular weight excluding hydrogens is 458 g/mol. The smallest absolute Gasteiger partial charge is 0.407 e. The molecule has 0 bridgehead atoms. The minimum atomic E-state index is -1.01. The van der Waals surface area contributed by atoms with E-state index in [1.165, 1.54) is 4.90 Å². The van der Waals surface area contributed by atoms with Crippen LogP contribution in [0.2, 0.25) is 5.02 Å². The van der Waals surface area contributed by atoms with Gasteiger partial charge in [0.15, 0.2) is 5.82 Å². The fourth-order valence-corrected chi connectivity index (χ4v) is 5.19. The number of rotatable bonds is 5. The van der Waals surface area contributed by atoms with Crippen molar-refractivity contribution in [3.8, 4) is 5.88 Å². The Morgan fingerprint density at radius 2 is 1.82 bits per heavy atom. The molecule has 1 aromatic heterocycles. The number of ether oxygens (including phenoxy) is 1. The van der Waals surface area contributed by atoms with Gasteiger partial charge in [0.1, 0.15) is 0 Å². The molecule has 10 heteroatoms. The Labute approximate surface area is 204 Å². The second-order valence-electron chi connectivity index (χ2n) is 9.22. The van der Waals surface area contributed by atoms with Crippen LogP contribution in [0.1, 0.15) is 31.2 Å².